The van der Waals surface area contributed by atoms with Crippen LogP contribution in [-0.2, 0) is 4.74 Å². The fourth-order valence-electron chi connectivity index (χ4n) is 2.00. The molecule has 0 bridgehead atoms. The maximum Gasteiger partial charge on any atom is 0.115 e. The van der Waals surface area contributed by atoms with Gasteiger partial charge in [0.15, 0.2) is 0 Å². The van der Waals surface area contributed by atoms with Crippen LogP contribution in [0.2, 0.25) is 0 Å². The molecular formula is C12H16O3. The number of hydrogen-bond acceptors (Lipinski definition) is 3. The third-order valence-corrected chi connectivity index (χ3v) is 2.85. The van der Waals surface area contributed by atoms with Crippen LogP contribution >= 0.6 is 0 Å². The van der Waals surface area contributed by atoms with Crippen LogP contribution in [0.3, 0.4) is 0 Å². The van der Waals surface area contributed by atoms with Crippen molar-refractivity contribution < 1.29 is 14.9 Å². The summed E-state index contributed by atoms with van der Waals surface area (Å²) in [5.41, 5.74) is 0.769. The van der Waals surface area contributed by atoms with Gasteiger partial charge in [0.25, 0.3) is 0 Å². The van der Waals surface area contributed by atoms with Crippen molar-refractivity contribution in [3.63, 3.8) is 0 Å². The predicted molar refractivity (Wildman–Crippen MR) is 56.6 cm³/mol. The maximum atomic E-state index is 10.1. The van der Waals surface area contributed by atoms with Gasteiger partial charge in [-0.15, -0.1) is 0 Å². The molecule has 2 rings (SSSR count). The summed E-state index contributed by atoms with van der Waals surface area (Å²) in [6.45, 7) is 1.40. The number of rotatable bonds is 2. The van der Waals surface area contributed by atoms with E-state index in [4.69, 9.17) is 4.74 Å². The van der Waals surface area contributed by atoms with E-state index in [2.05, 4.69) is 0 Å². The Labute approximate surface area is 89.3 Å². The van der Waals surface area contributed by atoms with Gasteiger partial charge in [-0.1, -0.05) is 12.1 Å². The lowest BCUT2D eigenvalue weighted by Crippen LogP contribution is -2.23. The van der Waals surface area contributed by atoms with Gasteiger partial charge >= 0.3 is 0 Å². The van der Waals surface area contributed by atoms with Crippen molar-refractivity contribution in [2.75, 3.05) is 13.2 Å². The lowest BCUT2D eigenvalue weighted by atomic mass is 9.91. The zero-order chi connectivity index (χ0) is 10.7. The Bertz CT molecular complexity index is 318. The standard InChI is InChI=1S/C12H16O3/c13-11-5-1-3-9(7-11)12(14)10-4-2-6-15-8-10/h1,3,5,7,10,12-14H,2,4,6,8H2. The quantitative estimate of drug-likeness (QED) is 0.779. The number of phenolic OH excluding ortho intramolecular Hbond substituents is 1. The van der Waals surface area contributed by atoms with E-state index in [-0.39, 0.29) is 11.7 Å². The van der Waals surface area contributed by atoms with Crippen molar-refractivity contribution >= 4 is 0 Å². The molecule has 3 heteroatoms. The summed E-state index contributed by atoms with van der Waals surface area (Å²) in [6, 6.07) is 6.80. The van der Waals surface area contributed by atoms with Crippen LogP contribution in [0.15, 0.2) is 24.3 Å². The largest absolute Gasteiger partial charge is 0.508 e. The Morgan fingerprint density at radius 3 is 2.93 bits per heavy atom. The maximum absolute atomic E-state index is 10.1. The summed E-state index contributed by atoms with van der Waals surface area (Å²) < 4.78 is 5.33. The van der Waals surface area contributed by atoms with Gasteiger partial charge in [0.05, 0.1) is 12.7 Å². The van der Waals surface area contributed by atoms with Gasteiger partial charge < -0.3 is 14.9 Å². The van der Waals surface area contributed by atoms with E-state index in [1.165, 1.54) is 0 Å². The smallest absolute Gasteiger partial charge is 0.115 e. The van der Waals surface area contributed by atoms with Gasteiger partial charge in [0, 0.05) is 12.5 Å². The topological polar surface area (TPSA) is 49.7 Å². The number of aliphatic hydroxyl groups excluding tert-OH is 1. The lowest BCUT2D eigenvalue weighted by molar-refractivity contribution is -0.0100. The van der Waals surface area contributed by atoms with Crippen molar-refractivity contribution in [3.05, 3.63) is 29.8 Å². The van der Waals surface area contributed by atoms with E-state index < -0.39 is 6.10 Å². The Morgan fingerprint density at radius 1 is 1.40 bits per heavy atom. The van der Waals surface area contributed by atoms with Crippen LogP contribution in [-0.4, -0.2) is 23.4 Å². The van der Waals surface area contributed by atoms with Crippen LogP contribution in [0.25, 0.3) is 0 Å². The second kappa shape index (κ2) is 4.64. The lowest BCUT2D eigenvalue weighted by Gasteiger charge is -2.26. The molecular weight excluding hydrogens is 192 g/mol. The van der Waals surface area contributed by atoms with Gasteiger partial charge in [-0.25, -0.2) is 0 Å². The number of ether oxygens (including phenoxy) is 1. The van der Waals surface area contributed by atoms with Gasteiger partial charge in [0.2, 0.25) is 0 Å². The predicted octanol–water partition coefficient (Wildman–Crippen LogP) is 1.85. The van der Waals surface area contributed by atoms with Crippen molar-refractivity contribution in [1.29, 1.82) is 0 Å². The van der Waals surface area contributed by atoms with Gasteiger partial charge in [-0.3, -0.25) is 0 Å². The highest BCUT2D eigenvalue weighted by Crippen LogP contribution is 2.29. The number of benzene rings is 1. The number of aromatic hydroxyl groups is 1. The molecule has 1 fully saturated rings. The molecule has 1 aliphatic heterocycles. The van der Waals surface area contributed by atoms with E-state index in [1.54, 1.807) is 18.2 Å². The van der Waals surface area contributed by atoms with E-state index >= 15 is 0 Å². The molecule has 0 amide bonds. The van der Waals surface area contributed by atoms with E-state index in [9.17, 15) is 10.2 Å². The molecule has 0 aliphatic carbocycles. The molecule has 2 atom stereocenters. The van der Waals surface area contributed by atoms with E-state index in [0.717, 1.165) is 25.0 Å². The molecule has 0 aromatic heterocycles. The summed E-state index contributed by atoms with van der Waals surface area (Å²) >= 11 is 0. The minimum atomic E-state index is -0.530. The number of aliphatic hydroxyl groups is 1. The highest BCUT2D eigenvalue weighted by molar-refractivity contribution is 5.28. The van der Waals surface area contributed by atoms with Crippen molar-refractivity contribution in [1.82, 2.24) is 0 Å². The molecule has 1 saturated heterocycles. The first-order chi connectivity index (χ1) is 7.27. The van der Waals surface area contributed by atoms with Crippen LogP contribution in [0.1, 0.15) is 24.5 Å². The number of hydrogen-bond donors (Lipinski definition) is 2. The average molecular weight is 208 g/mol. The summed E-state index contributed by atoms with van der Waals surface area (Å²) in [4.78, 5) is 0. The molecule has 2 unspecified atom stereocenters. The summed E-state index contributed by atoms with van der Waals surface area (Å²) in [6.07, 6.45) is 1.45. The van der Waals surface area contributed by atoms with E-state index in [0.29, 0.717) is 6.61 Å². The molecule has 1 heterocycles. The molecule has 15 heavy (non-hydrogen) atoms. The molecule has 0 spiro atoms. The first kappa shape index (κ1) is 10.5. The minimum absolute atomic E-state index is 0.153. The molecule has 1 aromatic rings. The van der Waals surface area contributed by atoms with Gasteiger partial charge in [0.1, 0.15) is 5.75 Å². The monoisotopic (exact) mass is 208 g/mol. The molecule has 3 nitrogen and oxygen atoms in total. The molecule has 0 saturated carbocycles. The zero-order valence-corrected chi connectivity index (χ0v) is 8.60. The zero-order valence-electron chi connectivity index (χ0n) is 8.60. The summed E-state index contributed by atoms with van der Waals surface area (Å²) in [7, 11) is 0. The fourth-order valence-corrected chi connectivity index (χ4v) is 2.00. The van der Waals surface area contributed by atoms with Crippen molar-refractivity contribution in [2.45, 2.75) is 18.9 Å². The molecule has 1 aliphatic rings. The fraction of sp³-hybridized carbons (Fsp3) is 0.500. The van der Waals surface area contributed by atoms with Crippen molar-refractivity contribution in [2.24, 2.45) is 5.92 Å². The average Bonchev–Trinajstić information content (AvgIpc) is 2.29. The summed E-state index contributed by atoms with van der Waals surface area (Å²) in [5.74, 6) is 0.351. The van der Waals surface area contributed by atoms with Crippen LogP contribution in [0.4, 0.5) is 0 Å². The normalized spacial score (nSPS) is 23.7. The number of phenols is 1. The third kappa shape index (κ3) is 2.49. The van der Waals surface area contributed by atoms with Crippen LogP contribution in [0, 0.1) is 5.92 Å². The van der Waals surface area contributed by atoms with Crippen LogP contribution in [0.5, 0.6) is 5.75 Å². The Balaban J connectivity index is 2.08. The van der Waals surface area contributed by atoms with E-state index in [1.807, 2.05) is 6.07 Å². The molecule has 82 valence electrons. The molecule has 2 N–H and O–H groups in total. The molecule has 0 radical (unpaired) electrons. The second-order valence-electron chi connectivity index (χ2n) is 4.02. The second-order valence-corrected chi connectivity index (χ2v) is 4.02. The minimum Gasteiger partial charge on any atom is -0.508 e. The highest BCUT2D eigenvalue weighted by atomic mass is 16.5. The first-order valence-electron chi connectivity index (χ1n) is 5.32. The third-order valence-electron chi connectivity index (χ3n) is 2.85. The highest BCUT2D eigenvalue weighted by Gasteiger charge is 2.23. The Morgan fingerprint density at radius 2 is 2.27 bits per heavy atom. The van der Waals surface area contributed by atoms with Crippen LogP contribution < -0.4 is 0 Å². The Kier molecular flexibility index (Phi) is 3.23. The van der Waals surface area contributed by atoms with Crippen molar-refractivity contribution in [3.8, 4) is 5.75 Å². The molecule has 1 aromatic carbocycles. The van der Waals surface area contributed by atoms with Gasteiger partial charge in [-0.2, -0.15) is 0 Å². The summed E-state index contributed by atoms with van der Waals surface area (Å²) in [5, 5.41) is 19.4. The Hall–Kier alpha value is -1.06. The SMILES string of the molecule is Oc1cccc(C(O)C2CCCOC2)c1. The van der Waals surface area contributed by atoms with Gasteiger partial charge in [-0.05, 0) is 30.5 Å². The first-order valence-corrected chi connectivity index (χ1v) is 5.32.